The zero-order valence-electron chi connectivity index (χ0n) is 10.2. The predicted molar refractivity (Wildman–Crippen MR) is 73.6 cm³/mol. The summed E-state index contributed by atoms with van der Waals surface area (Å²) in [4.78, 5) is 10.6. The van der Waals surface area contributed by atoms with Gasteiger partial charge in [0.15, 0.2) is 0 Å². The Hall–Kier alpha value is -1.43. The SMILES string of the molecule is COc1ccc([N+](=O)[O-])c(NC2CCSCC2)c1. The molecule has 0 amide bonds. The molecule has 0 aliphatic carbocycles. The van der Waals surface area contributed by atoms with Gasteiger partial charge in [-0.15, -0.1) is 0 Å². The fourth-order valence-corrected chi connectivity index (χ4v) is 3.09. The first-order valence-corrected chi connectivity index (χ1v) is 7.03. The minimum absolute atomic E-state index is 0.106. The summed E-state index contributed by atoms with van der Waals surface area (Å²) in [5, 5.41) is 14.3. The number of methoxy groups -OCH3 is 1. The maximum Gasteiger partial charge on any atom is 0.292 e. The molecule has 1 heterocycles. The molecule has 1 aromatic rings. The second-order valence-electron chi connectivity index (χ2n) is 4.17. The van der Waals surface area contributed by atoms with Crippen molar-refractivity contribution in [1.82, 2.24) is 0 Å². The van der Waals surface area contributed by atoms with Crippen molar-refractivity contribution in [3.63, 3.8) is 0 Å². The Morgan fingerprint density at radius 1 is 1.44 bits per heavy atom. The van der Waals surface area contributed by atoms with Crippen LogP contribution in [0.4, 0.5) is 11.4 Å². The maximum absolute atomic E-state index is 11.0. The molecule has 18 heavy (non-hydrogen) atoms. The lowest BCUT2D eigenvalue weighted by Gasteiger charge is -2.23. The molecule has 0 unspecified atom stereocenters. The van der Waals surface area contributed by atoms with Gasteiger partial charge in [-0.1, -0.05) is 0 Å². The van der Waals surface area contributed by atoms with Crippen molar-refractivity contribution in [2.75, 3.05) is 23.9 Å². The Balaban J connectivity index is 2.19. The highest BCUT2D eigenvalue weighted by Gasteiger charge is 2.19. The standard InChI is InChI=1S/C12H16N2O3S/c1-17-10-2-3-12(14(15)16)11(8-10)13-9-4-6-18-7-5-9/h2-3,8-9,13H,4-7H2,1H3. The van der Waals surface area contributed by atoms with E-state index >= 15 is 0 Å². The fourth-order valence-electron chi connectivity index (χ4n) is 1.98. The van der Waals surface area contributed by atoms with Gasteiger partial charge in [0.2, 0.25) is 0 Å². The number of thioether (sulfide) groups is 1. The van der Waals surface area contributed by atoms with Crippen LogP contribution < -0.4 is 10.1 Å². The van der Waals surface area contributed by atoms with Crippen molar-refractivity contribution in [3.05, 3.63) is 28.3 Å². The van der Waals surface area contributed by atoms with Gasteiger partial charge >= 0.3 is 0 Å². The Morgan fingerprint density at radius 2 is 2.17 bits per heavy atom. The number of hydrogen-bond donors (Lipinski definition) is 1. The third kappa shape index (κ3) is 3.07. The molecule has 1 aliphatic heterocycles. The molecular formula is C12H16N2O3S. The molecule has 6 heteroatoms. The van der Waals surface area contributed by atoms with Gasteiger partial charge in [0.05, 0.1) is 12.0 Å². The highest BCUT2D eigenvalue weighted by Crippen LogP contribution is 2.31. The predicted octanol–water partition coefficient (Wildman–Crippen LogP) is 2.91. The number of anilines is 1. The highest BCUT2D eigenvalue weighted by molar-refractivity contribution is 7.99. The van der Waals surface area contributed by atoms with Crippen LogP contribution in [0, 0.1) is 10.1 Å². The summed E-state index contributed by atoms with van der Waals surface area (Å²) in [5.41, 5.74) is 0.658. The lowest BCUT2D eigenvalue weighted by molar-refractivity contribution is -0.384. The average molecular weight is 268 g/mol. The molecule has 1 saturated heterocycles. The van der Waals surface area contributed by atoms with Crippen molar-refractivity contribution in [3.8, 4) is 5.75 Å². The molecule has 98 valence electrons. The summed E-state index contributed by atoms with van der Waals surface area (Å²) in [6.45, 7) is 0. The van der Waals surface area contributed by atoms with Crippen molar-refractivity contribution in [2.45, 2.75) is 18.9 Å². The van der Waals surface area contributed by atoms with Crippen LogP contribution in [-0.2, 0) is 0 Å². The van der Waals surface area contributed by atoms with Gasteiger partial charge in [0, 0.05) is 18.2 Å². The number of nitrogens with zero attached hydrogens (tertiary/aromatic N) is 1. The van der Waals surface area contributed by atoms with Crippen LogP contribution in [0.25, 0.3) is 0 Å². The van der Waals surface area contributed by atoms with E-state index in [1.807, 2.05) is 11.8 Å². The minimum atomic E-state index is -0.362. The number of benzene rings is 1. The fraction of sp³-hybridized carbons (Fsp3) is 0.500. The summed E-state index contributed by atoms with van der Waals surface area (Å²) in [7, 11) is 1.56. The van der Waals surface area contributed by atoms with Gasteiger partial charge in [0.25, 0.3) is 5.69 Å². The Kier molecular flexibility index (Phi) is 4.30. The van der Waals surface area contributed by atoms with Gasteiger partial charge in [0.1, 0.15) is 11.4 Å². The highest BCUT2D eigenvalue weighted by atomic mass is 32.2. The number of nitro groups is 1. The van der Waals surface area contributed by atoms with Crippen LogP contribution in [0.2, 0.25) is 0 Å². The van der Waals surface area contributed by atoms with Crippen LogP contribution >= 0.6 is 11.8 Å². The zero-order valence-corrected chi connectivity index (χ0v) is 11.0. The molecular weight excluding hydrogens is 252 g/mol. The molecule has 2 rings (SSSR count). The molecule has 0 aromatic heterocycles. The topological polar surface area (TPSA) is 64.4 Å². The van der Waals surface area contributed by atoms with Gasteiger partial charge in [-0.25, -0.2) is 0 Å². The van der Waals surface area contributed by atoms with E-state index in [0.29, 0.717) is 17.5 Å². The maximum atomic E-state index is 11.0. The molecule has 0 radical (unpaired) electrons. The van der Waals surface area contributed by atoms with E-state index in [4.69, 9.17) is 4.74 Å². The molecule has 1 aromatic carbocycles. The second kappa shape index (κ2) is 5.95. The van der Waals surface area contributed by atoms with Crippen LogP contribution in [0.1, 0.15) is 12.8 Å². The molecule has 1 aliphatic rings. The number of hydrogen-bond acceptors (Lipinski definition) is 5. The Labute approximate surface area is 110 Å². The summed E-state index contributed by atoms with van der Waals surface area (Å²) in [5.74, 6) is 2.85. The third-order valence-electron chi connectivity index (χ3n) is 2.98. The smallest absolute Gasteiger partial charge is 0.292 e. The average Bonchev–Trinajstić information content (AvgIpc) is 2.39. The van der Waals surface area contributed by atoms with Crippen molar-refractivity contribution >= 4 is 23.1 Å². The summed E-state index contributed by atoms with van der Waals surface area (Å²) in [6.07, 6.45) is 2.08. The van der Waals surface area contributed by atoms with Crippen LogP contribution in [-0.4, -0.2) is 29.6 Å². The van der Waals surface area contributed by atoms with E-state index in [1.165, 1.54) is 6.07 Å². The minimum Gasteiger partial charge on any atom is -0.497 e. The largest absolute Gasteiger partial charge is 0.497 e. The molecule has 5 nitrogen and oxygen atoms in total. The molecule has 1 fully saturated rings. The summed E-state index contributed by atoms with van der Waals surface area (Å²) in [6, 6.07) is 5.11. The first-order valence-electron chi connectivity index (χ1n) is 5.87. The number of nitro benzene ring substituents is 1. The van der Waals surface area contributed by atoms with Crippen molar-refractivity contribution in [1.29, 1.82) is 0 Å². The quantitative estimate of drug-likeness (QED) is 0.672. The second-order valence-corrected chi connectivity index (χ2v) is 5.40. The van der Waals surface area contributed by atoms with Crippen LogP contribution in [0.3, 0.4) is 0 Å². The normalized spacial score (nSPS) is 16.3. The first-order chi connectivity index (χ1) is 8.70. The van der Waals surface area contributed by atoms with E-state index in [-0.39, 0.29) is 10.6 Å². The molecule has 0 saturated carbocycles. The molecule has 1 N–H and O–H groups in total. The third-order valence-corrected chi connectivity index (χ3v) is 4.03. The lowest BCUT2D eigenvalue weighted by Crippen LogP contribution is -2.24. The van der Waals surface area contributed by atoms with E-state index in [0.717, 1.165) is 24.3 Å². The summed E-state index contributed by atoms with van der Waals surface area (Å²) >= 11 is 1.93. The van der Waals surface area contributed by atoms with E-state index in [9.17, 15) is 10.1 Å². The lowest BCUT2D eigenvalue weighted by atomic mass is 10.1. The van der Waals surface area contributed by atoms with Crippen LogP contribution in [0.5, 0.6) is 5.75 Å². The van der Waals surface area contributed by atoms with Crippen molar-refractivity contribution in [2.24, 2.45) is 0 Å². The number of rotatable bonds is 4. The van der Waals surface area contributed by atoms with Crippen molar-refractivity contribution < 1.29 is 9.66 Å². The summed E-state index contributed by atoms with van der Waals surface area (Å²) < 4.78 is 5.11. The van der Waals surface area contributed by atoms with E-state index in [1.54, 1.807) is 19.2 Å². The number of ether oxygens (including phenoxy) is 1. The molecule has 0 spiro atoms. The van der Waals surface area contributed by atoms with Crippen LogP contribution in [0.15, 0.2) is 18.2 Å². The van der Waals surface area contributed by atoms with Gasteiger partial charge < -0.3 is 10.1 Å². The number of nitrogens with one attached hydrogen (secondary N) is 1. The molecule has 0 bridgehead atoms. The first kappa shape index (κ1) is 13.0. The zero-order chi connectivity index (χ0) is 13.0. The Bertz CT molecular complexity index is 433. The van der Waals surface area contributed by atoms with E-state index in [2.05, 4.69) is 5.32 Å². The molecule has 0 atom stereocenters. The van der Waals surface area contributed by atoms with E-state index < -0.39 is 0 Å². The van der Waals surface area contributed by atoms with Gasteiger partial charge in [-0.3, -0.25) is 10.1 Å². The monoisotopic (exact) mass is 268 g/mol. The Morgan fingerprint density at radius 3 is 2.78 bits per heavy atom. The van der Waals surface area contributed by atoms with Gasteiger partial charge in [-0.05, 0) is 30.4 Å². The van der Waals surface area contributed by atoms with Gasteiger partial charge in [-0.2, -0.15) is 11.8 Å².